The molecule has 0 atom stereocenters. The zero-order chi connectivity index (χ0) is 11.3. The van der Waals surface area contributed by atoms with E-state index in [2.05, 4.69) is 18.9 Å². The van der Waals surface area contributed by atoms with Gasteiger partial charge in [-0.3, -0.25) is 4.68 Å². The lowest BCUT2D eigenvalue weighted by atomic mass is 10.1. The minimum absolute atomic E-state index is 0.701. The molecule has 0 unspecified atom stereocenters. The van der Waals surface area contributed by atoms with E-state index in [0.29, 0.717) is 12.5 Å². The van der Waals surface area contributed by atoms with Crippen LogP contribution < -0.4 is 5.73 Å². The molecule has 0 bridgehead atoms. The van der Waals surface area contributed by atoms with Crippen LogP contribution in [-0.2, 0) is 11.3 Å². The number of hydrogen-bond donors (Lipinski definition) is 1. The fourth-order valence-corrected chi connectivity index (χ4v) is 1.26. The Balaban J connectivity index is 2.18. The van der Waals surface area contributed by atoms with Crippen molar-refractivity contribution in [2.75, 3.05) is 18.9 Å². The minimum Gasteiger partial charge on any atom is -0.396 e. The van der Waals surface area contributed by atoms with Gasteiger partial charge in [-0.05, 0) is 19.3 Å². The van der Waals surface area contributed by atoms with Gasteiger partial charge in [-0.25, -0.2) is 0 Å². The maximum atomic E-state index is 5.69. The molecule has 2 N–H and O–H groups in total. The molecule has 0 saturated heterocycles. The zero-order valence-corrected chi connectivity index (χ0v) is 9.86. The summed E-state index contributed by atoms with van der Waals surface area (Å²) in [5.41, 5.74) is 7.45. The first-order valence-electron chi connectivity index (χ1n) is 5.47. The molecule has 1 rings (SSSR count). The lowest BCUT2D eigenvalue weighted by Crippen LogP contribution is -2.10. The first-order valence-corrected chi connectivity index (χ1v) is 5.47. The molecule has 1 heterocycles. The Hall–Kier alpha value is -1.03. The quantitative estimate of drug-likeness (QED) is 0.730. The Morgan fingerprint density at radius 1 is 1.47 bits per heavy atom. The van der Waals surface area contributed by atoms with Crippen LogP contribution in [0, 0.1) is 12.8 Å². The molecule has 0 fully saturated rings. The molecular formula is C11H21N3O. The molecule has 0 aromatic carbocycles. The van der Waals surface area contributed by atoms with Crippen molar-refractivity contribution < 1.29 is 4.74 Å². The highest BCUT2D eigenvalue weighted by Gasteiger charge is 2.02. The van der Waals surface area contributed by atoms with Gasteiger partial charge in [-0.15, -0.1) is 0 Å². The lowest BCUT2D eigenvalue weighted by molar-refractivity contribution is 0.113. The van der Waals surface area contributed by atoms with Gasteiger partial charge in [0.1, 0.15) is 0 Å². The van der Waals surface area contributed by atoms with Crippen LogP contribution in [0.25, 0.3) is 0 Å². The van der Waals surface area contributed by atoms with E-state index in [1.54, 1.807) is 6.20 Å². The lowest BCUT2D eigenvalue weighted by Gasteiger charge is -2.07. The standard InChI is InChI=1S/C11H21N3O/c1-9(2)4-6-15-7-5-14-10(3)11(12)8-13-14/h8-9H,4-7,12H2,1-3H3. The van der Waals surface area contributed by atoms with Gasteiger partial charge in [-0.2, -0.15) is 5.10 Å². The molecule has 15 heavy (non-hydrogen) atoms. The number of anilines is 1. The predicted molar refractivity (Wildman–Crippen MR) is 61.7 cm³/mol. The summed E-state index contributed by atoms with van der Waals surface area (Å²) < 4.78 is 7.39. The van der Waals surface area contributed by atoms with Crippen molar-refractivity contribution in [1.29, 1.82) is 0 Å². The second-order valence-electron chi connectivity index (χ2n) is 4.20. The molecule has 0 aliphatic rings. The summed E-state index contributed by atoms with van der Waals surface area (Å²) in [7, 11) is 0. The summed E-state index contributed by atoms with van der Waals surface area (Å²) >= 11 is 0. The maximum absolute atomic E-state index is 5.69. The average molecular weight is 211 g/mol. The van der Waals surface area contributed by atoms with E-state index >= 15 is 0 Å². The summed E-state index contributed by atoms with van der Waals surface area (Å²) in [5, 5.41) is 4.16. The second-order valence-corrected chi connectivity index (χ2v) is 4.20. The number of aromatic nitrogens is 2. The van der Waals surface area contributed by atoms with E-state index in [-0.39, 0.29) is 0 Å². The molecule has 0 saturated carbocycles. The van der Waals surface area contributed by atoms with Crippen molar-refractivity contribution in [1.82, 2.24) is 9.78 Å². The number of ether oxygens (including phenoxy) is 1. The van der Waals surface area contributed by atoms with Gasteiger partial charge in [0.15, 0.2) is 0 Å². The van der Waals surface area contributed by atoms with Crippen LogP contribution in [0.5, 0.6) is 0 Å². The van der Waals surface area contributed by atoms with E-state index in [1.807, 2.05) is 11.6 Å². The van der Waals surface area contributed by atoms with Crippen molar-refractivity contribution in [3.8, 4) is 0 Å². The highest BCUT2D eigenvalue weighted by atomic mass is 16.5. The number of nitrogens with zero attached hydrogens (tertiary/aromatic N) is 2. The highest BCUT2D eigenvalue weighted by Crippen LogP contribution is 2.07. The van der Waals surface area contributed by atoms with E-state index < -0.39 is 0 Å². The van der Waals surface area contributed by atoms with Gasteiger partial charge in [-0.1, -0.05) is 13.8 Å². The van der Waals surface area contributed by atoms with E-state index in [9.17, 15) is 0 Å². The smallest absolute Gasteiger partial charge is 0.0730 e. The fourth-order valence-electron chi connectivity index (χ4n) is 1.26. The molecule has 0 spiro atoms. The summed E-state index contributed by atoms with van der Waals surface area (Å²) in [6, 6.07) is 0. The van der Waals surface area contributed by atoms with Crippen LogP contribution >= 0.6 is 0 Å². The van der Waals surface area contributed by atoms with E-state index in [4.69, 9.17) is 10.5 Å². The third-order valence-electron chi connectivity index (χ3n) is 2.43. The van der Waals surface area contributed by atoms with Gasteiger partial charge in [0, 0.05) is 6.61 Å². The van der Waals surface area contributed by atoms with E-state index in [1.165, 1.54) is 0 Å². The van der Waals surface area contributed by atoms with E-state index in [0.717, 1.165) is 31.0 Å². The molecule has 0 aliphatic heterocycles. The highest BCUT2D eigenvalue weighted by molar-refractivity contribution is 5.39. The Bertz CT molecular complexity index is 294. The predicted octanol–water partition coefficient (Wildman–Crippen LogP) is 1.84. The Labute approximate surface area is 91.4 Å². The van der Waals surface area contributed by atoms with Gasteiger partial charge >= 0.3 is 0 Å². The summed E-state index contributed by atoms with van der Waals surface area (Å²) in [5.74, 6) is 0.701. The molecular weight excluding hydrogens is 190 g/mol. The molecule has 4 nitrogen and oxygen atoms in total. The Kier molecular flexibility index (Phi) is 4.62. The normalized spacial score (nSPS) is 11.2. The largest absolute Gasteiger partial charge is 0.396 e. The van der Waals surface area contributed by atoms with Crippen LogP contribution in [0.2, 0.25) is 0 Å². The summed E-state index contributed by atoms with van der Waals surface area (Å²) in [6.07, 6.45) is 2.80. The van der Waals surface area contributed by atoms with Gasteiger partial charge < -0.3 is 10.5 Å². The van der Waals surface area contributed by atoms with Crippen LogP contribution in [0.4, 0.5) is 5.69 Å². The van der Waals surface area contributed by atoms with Gasteiger partial charge in [0.25, 0.3) is 0 Å². The number of hydrogen-bond acceptors (Lipinski definition) is 3. The number of nitrogens with two attached hydrogens (primary N) is 1. The molecule has 1 aromatic heterocycles. The van der Waals surface area contributed by atoms with Crippen molar-refractivity contribution in [2.24, 2.45) is 5.92 Å². The van der Waals surface area contributed by atoms with Crippen molar-refractivity contribution in [2.45, 2.75) is 33.7 Å². The van der Waals surface area contributed by atoms with Crippen LogP contribution in [0.1, 0.15) is 26.0 Å². The minimum atomic E-state index is 0.701. The van der Waals surface area contributed by atoms with Gasteiger partial charge in [0.05, 0.1) is 30.7 Å². The molecule has 86 valence electrons. The Morgan fingerprint density at radius 2 is 2.20 bits per heavy atom. The van der Waals surface area contributed by atoms with Crippen molar-refractivity contribution in [3.63, 3.8) is 0 Å². The number of nitrogen functional groups attached to an aromatic ring is 1. The first-order chi connectivity index (χ1) is 7.11. The number of rotatable bonds is 6. The van der Waals surface area contributed by atoms with Crippen LogP contribution in [0.3, 0.4) is 0 Å². The van der Waals surface area contributed by atoms with Crippen molar-refractivity contribution >= 4 is 5.69 Å². The molecule has 0 aliphatic carbocycles. The summed E-state index contributed by atoms with van der Waals surface area (Å²) in [4.78, 5) is 0. The van der Waals surface area contributed by atoms with Crippen LogP contribution in [0.15, 0.2) is 6.20 Å². The average Bonchev–Trinajstić information content (AvgIpc) is 2.48. The summed E-state index contributed by atoms with van der Waals surface area (Å²) in [6.45, 7) is 8.67. The monoisotopic (exact) mass is 211 g/mol. The molecule has 4 heteroatoms. The molecule has 1 aromatic rings. The Morgan fingerprint density at radius 3 is 2.73 bits per heavy atom. The maximum Gasteiger partial charge on any atom is 0.0730 e. The van der Waals surface area contributed by atoms with Gasteiger partial charge in [0.2, 0.25) is 0 Å². The topological polar surface area (TPSA) is 53.1 Å². The molecule has 0 radical (unpaired) electrons. The van der Waals surface area contributed by atoms with Crippen molar-refractivity contribution in [3.05, 3.63) is 11.9 Å². The van der Waals surface area contributed by atoms with Crippen LogP contribution in [-0.4, -0.2) is 23.0 Å². The third-order valence-corrected chi connectivity index (χ3v) is 2.43. The molecule has 0 amide bonds. The second kappa shape index (κ2) is 5.75. The first kappa shape index (κ1) is 12.0. The zero-order valence-electron chi connectivity index (χ0n) is 9.86. The third kappa shape index (κ3) is 3.91. The fraction of sp³-hybridized carbons (Fsp3) is 0.727. The SMILES string of the molecule is Cc1c(N)cnn1CCOCCC(C)C.